The molecule has 0 atom stereocenters. The van der Waals surface area contributed by atoms with Crippen molar-refractivity contribution in [3.63, 3.8) is 0 Å². The highest BCUT2D eigenvalue weighted by atomic mass is 16.5. The van der Waals surface area contributed by atoms with Crippen molar-refractivity contribution in [2.45, 2.75) is 33.0 Å². The maximum absolute atomic E-state index is 6.03. The second-order valence-electron chi connectivity index (χ2n) is 6.21. The molecule has 130 valence electrons. The summed E-state index contributed by atoms with van der Waals surface area (Å²) < 4.78 is 8.12. The van der Waals surface area contributed by atoms with E-state index in [1.807, 2.05) is 30.9 Å². The van der Waals surface area contributed by atoms with Gasteiger partial charge in [-0.2, -0.15) is 0 Å². The van der Waals surface area contributed by atoms with Crippen LogP contribution in [-0.4, -0.2) is 16.1 Å². The SMILES string of the molecule is Cc1ccc(COc2ccccc2CNCCCn2ccnc2)cc1. The summed E-state index contributed by atoms with van der Waals surface area (Å²) in [4.78, 5) is 4.06. The average Bonchev–Trinajstić information content (AvgIpc) is 3.15. The molecular weight excluding hydrogens is 310 g/mol. The summed E-state index contributed by atoms with van der Waals surface area (Å²) in [6, 6.07) is 16.7. The number of aryl methyl sites for hydroxylation is 2. The van der Waals surface area contributed by atoms with Crippen LogP contribution < -0.4 is 10.1 Å². The van der Waals surface area contributed by atoms with Gasteiger partial charge in [0.15, 0.2) is 0 Å². The second-order valence-corrected chi connectivity index (χ2v) is 6.21. The van der Waals surface area contributed by atoms with Gasteiger partial charge in [0.25, 0.3) is 0 Å². The molecule has 0 radical (unpaired) electrons. The predicted molar refractivity (Wildman–Crippen MR) is 101 cm³/mol. The van der Waals surface area contributed by atoms with Crippen molar-refractivity contribution in [3.8, 4) is 5.75 Å². The Hall–Kier alpha value is -2.59. The molecule has 0 spiro atoms. The van der Waals surface area contributed by atoms with Gasteiger partial charge < -0.3 is 14.6 Å². The van der Waals surface area contributed by atoms with Crippen LogP contribution in [0.25, 0.3) is 0 Å². The van der Waals surface area contributed by atoms with Crippen LogP contribution in [0.4, 0.5) is 0 Å². The number of nitrogens with zero attached hydrogens (tertiary/aromatic N) is 2. The van der Waals surface area contributed by atoms with E-state index in [4.69, 9.17) is 4.74 Å². The maximum atomic E-state index is 6.03. The molecule has 1 heterocycles. The molecular formula is C21H25N3O. The standard InChI is InChI=1S/C21H25N3O/c1-18-7-9-19(10-8-18)16-25-21-6-3-2-5-20(21)15-22-11-4-13-24-14-12-23-17-24/h2-3,5-10,12,14,17,22H,4,11,13,15-16H2,1H3. The normalized spacial score (nSPS) is 10.8. The molecule has 25 heavy (non-hydrogen) atoms. The Morgan fingerprint density at radius 2 is 1.92 bits per heavy atom. The number of hydrogen-bond acceptors (Lipinski definition) is 3. The molecule has 0 aliphatic rings. The van der Waals surface area contributed by atoms with Crippen LogP contribution in [0.5, 0.6) is 5.75 Å². The van der Waals surface area contributed by atoms with Gasteiger partial charge in [0.05, 0.1) is 6.33 Å². The van der Waals surface area contributed by atoms with Crippen LogP contribution in [0.3, 0.4) is 0 Å². The lowest BCUT2D eigenvalue weighted by Crippen LogP contribution is -2.17. The van der Waals surface area contributed by atoms with Gasteiger partial charge in [0, 0.05) is 31.0 Å². The minimum Gasteiger partial charge on any atom is -0.489 e. The third kappa shape index (κ3) is 5.47. The molecule has 0 bridgehead atoms. The average molecular weight is 335 g/mol. The molecule has 0 saturated heterocycles. The van der Waals surface area contributed by atoms with Gasteiger partial charge >= 0.3 is 0 Å². The molecule has 1 N–H and O–H groups in total. The van der Waals surface area contributed by atoms with Gasteiger partial charge in [-0.25, -0.2) is 4.98 Å². The molecule has 0 amide bonds. The summed E-state index contributed by atoms with van der Waals surface area (Å²) in [5.41, 5.74) is 3.65. The largest absolute Gasteiger partial charge is 0.489 e. The van der Waals surface area contributed by atoms with Crippen LogP contribution in [0, 0.1) is 6.92 Å². The number of hydrogen-bond donors (Lipinski definition) is 1. The fraction of sp³-hybridized carbons (Fsp3) is 0.286. The summed E-state index contributed by atoms with van der Waals surface area (Å²) in [5.74, 6) is 0.949. The lowest BCUT2D eigenvalue weighted by atomic mass is 10.1. The van der Waals surface area contributed by atoms with Gasteiger partial charge in [0.1, 0.15) is 12.4 Å². The number of ether oxygens (including phenoxy) is 1. The Labute approximate surface area is 149 Å². The molecule has 0 saturated carbocycles. The molecule has 3 aromatic rings. The molecule has 0 aliphatic heterocycles. The highest BCUT2D eigenvalue weighted by Gasteiger charge is 2.03. The third-order valence-corrected chi connectivity index (χ3v) is 4.13. The van der Waals surface area contributed by atoms with Gasteiger partial charge in [-0.1, -0.05) is 48.0 Å². The number of nitrogens with one attached hydrogen (secondary N) is 1. The molecule has 0 fully saturated rings. The Kier molecular flexibility index (Phi) is 6.23. The van der Waals surface area contributed by atoms with Gasteiger partial charge in [-0.15, -0.1) is 0 Å². The van der Waals surface area contributed by atoms with Crippen molar-refractivity contribution < 1.29 is 4.74 Å². The van der Waals surface area contributed by atoms with E-state index in [1.54, 1.807) is 0 Å². The van der Waals surface area contributed by atoms with Crippen molar-refractivity contribution in [2.24, 2.45) is 0 Å². The van der Waals surface area contributed by atoms with E-state index < -0.39 is 0 Å². The molecule has 0 aliphatic carbocycles. The third-order valence-electron chi connectivity index (χ3n) is 4.13. The highest BCUT2D eigenvalue weighted by Crippen LogP contribution is 2.19. The van der Waals surface area contributed by atoms with Gasteiger partial charge in [-0.3, -0.25) is 0 Å². The van der Waals surface area contributed by atoms with Gasteiger partial charge in [-0.05, 0) is 31.5 Å². The van der Waals surface area contributed by atoms with Crippen molar-refractivity contribution in [2.75, 3.05) is 6.54 Å². The minimum absolute atomic E-state index is 0.595. The fourth-order valence-electron chi connectivity index (χ4n) is 2.66. The first-order valence-corrected chi connectivity index (χ1v) is 8.74. The molecule has 4 heteroatoms. The summed E-state index contributed by atoms with van der Waals surface area (Å²) in [6.07, 6.45) is 6.74. The molecule has 0 unspecified atom stereocenters. The van der Waals surface area contributed by atoms with E-state index in [0.29, 0.717) is 6.61 Å². The first-order chi connectivity index (χ1) is 12.3. The smallest absolute Gasteiger partial charge is 0.124 e. The van der Waals surface area contributed by atoms with E-state index in [0.717, 1.165) is 31.8 Å². The zero-order valence-electron chi connectivity index (χ0n) is 14.7. The Morgan fingerprint density at radius 1 is 1.08 bits per heavy atom. The van der Waals surface area contributed by atoms with E-state index >= 15 is 0 Å². The quantitative estimate of drug-likeness (QED) is 0.602. The van der Waals surface area contributed by atoms with Crippen molar-refractivity contribution >= 4 is 0 Å². The number of rotatable bonds is 9. The summed E-state index contributed by atoms with van der Waals surface area (Å²) >= 11 is 0. The molecule has 3 rings (SSSR count). The topological polar surface area (TPSA) is 39.1 Å². The summed E-state index contributed by atoms with van der Waals surface area (Å²) in [7, 11) is 0. The predicted octanol–water partition coefficient (Wildman–Crippen LogP) is 3.95. The van der Waals surface area contributed by atoms with Crippen LogP contribution >= 0.6 is 0 Å². The van der Waals surface area contributed by atoms with E-state index in [2.05, 4.69) is 58.2 Å². The summed E-state index contributed by atoms with van der Waals surface area (Å²) in [6.45, 7) is 5.45. The Balaban J connectivity index is 1.46. The Morgan fingerprint density at radius 3 is 2.72 bits per heavy atom. The lowest BCUT2D eigenvalue weighted by molar-refractivity contribution is 0.302. The highest BCUT2D eigenvalue weighted by molar-refractivity contribution is 5.33. The minimum atomic E-state index is 0.595. The molecule has 4 nitrogen and oxygen atoms in total. The zero-order chi connectivity index (χ0) is 17.3. The fourth-order valence-corrected chi connectivity index (χ4v) is 2.66. The van der Waals surface area contributed by atoms with Crippen LogP contribution in [0.2, 0.25) is 0 Å². The Bertz CT molecular complexity index is 751. The molecule has 2 aromatic carbocycles. The van der Waals surface area contributed by atoms with Crippen molar-refractivity contribution in [1.29, 1.82) is 0 Å². The second kappa shape index (κ2) is 9.04. The van der Waals surface area contributed by atoms with E-state index in [9.17, 15) is 0 Å². The molecule has 1 aromatic heterocycles. The number of aromatic nitrogens is 2. The van der Waals surface area contributed by atoms with Crippen molar-refractivity contribution in [1.82, 2.24) is 14.9 Å². The van der Waals surface area contributed by atoms with Crippen LogP contribution in [0.15, 0.2) is 67.3 Å². The van der Waals surface area contributed by atoms with Crippen molar-refractivity contribution in [3.05, 3.63) is 83.9 Å². The number of para-hydroxylation sites is 1. The number of benzene rings is 2. The van der Waals surface area contributed by atoms with E-state index in [-0.39, 0.29) is 0 Å². The zero-order valence-corrected chi connectivity index (χ0v) is 14.7. The lowest BCUT2D eigenvalue weighted by Gasteiger charge is -2.12. The van der Waals surface area contributed by atoms with E-state index in [1.165, 1.54) is 16.7 Å². The first kappa shape index (κ1) is 17.2. The van der Waals surface area contributed by atoms with Crippen LogP contribution in [0.1, 0.15) is 23.1 Å². The summed E-state index contributed by atoms with van der Waals surface area (Å²) in [5, 5.41) is 3.50. The monoisotopic (exact) mass is 335 g/mol. The van der Waals surface area contributed by atoms with Gasteiger partial charge in [0.2, 0.25) is 0 Å². The first-order valence-electron chi connectivity index (χ1n) is 8.74. The maximum Gasteiger partial charge on any atom is 0.124 e. The number of imidazole rings is 1. The van der Waals surface area contributed by atoms with Crippen LogP contribution in [-0.2, 0) is 19.7 Å².